The topological polar surface area (TPSA) is 64.6 Å². The molecule has 5 heteroatoms. The molecule has 1 aliphatic rings. The number of carbonyl (C=O) groups excluding carboxylic acids is 2. The second-order valence-electron chi connectivity index (χ2n) is 7.77. The maximum atomic E-state index is 12.2. The number of esters is 1. The van der Waals surface area contributed by atoms with E-state index in [4.69, 9.17) is 9.47 Å². The fraction of sp³-hybridized carbons (Fsp3) is 0.214. The van der Waals surface area contributed by atoms with Crippen molar-refractivity contribution < 1.29 is 19.1 Å². The van der Waals surface area contributed by atoms with Crippen molar-refractivity contribution >= 4 is 12.1 Å². The van der Waals surface area contributed by atoms with Crippen LogP contribution in [0, 0.1) is 18.8 Å². The van der Waals surface area contributed by atoms with Gasteiger partial charge in [-0.1, -0.05) is 66.4 Å². The van der Waals surface area contributed by atoms with Crippen LogP contribution in [-0.2, 0) is 9.47 Å². The van der Waals surface area contributed by atoms with Crippen molar-refractivity contribution in [3.8, 4) is 23.0 Å². The van der Waals surface area contributed by atoms with Crippen LogP contribution in [0.15, 0.2) is 66.7 Å². The van der Waals surface area contributed by atoms with Gasteiger partial charge in [0.1, 0.15) is 6.61 Å². The Bertz CT molecular complexity index is 1210. The Morgan fingerprint density at radius 2 is 1.61 bits per heavy atom. The van der Waals surface area contributed by atoms with E-state index in [-0.39, 0.29) is 18.5 Å². The van der Waals surface area contributed by atoms with Crippen molar-refractivity contribution in [3.63, 3.8) is 0 Å². The Hall–Kier alpha value is -4.04. The van der Waals surface area contributed by atoms with E-state index in [1.165, 1.54) is 29.4 Å². The number of hydrogen-bond acceptors (Lipinski definition) is 4. The number of nitrogens with one attached hydrogen (secondary N) is 1. The number of amides is 1. The van der Waals surface area contributed by atoms with Crippen LogP contribution < -0.4 is 5.32 Å². The maximum absolute atomic E-state index is 12.2. The van der Waals surface area contributed by atoms with Crippen molar-refractivity contribution in [1.29, 1.82) is 0 Å². The summed E-state index contributed by atoms with van der Waals surface area (Å²) in [6, 6.07) is 21.8. The third-order valence-electron chi connectivity index (χ3n) is 5.83. The molecule has 0 radical (unpaired) electrons. The van der Waals surface area contributed by atoms with Crippen LogP contribution in [0.1, 0.15) is 45.0 Å². The molecule has 3 aromatic carbocycles. The Morgan fingerprint density at radius 3 is 2.27 bits per heavy atom. The average molecular weight is 440 g/mol. The molecule has 1 aliphatic carbocycles. The number of hydrogen-bond donors (Lipinski definition) is 1. The minimum Gasteiger partial charge on any atom is -0.465 e. The summed E-state index contributed by atoms with van der Waals surface area (Å²) in [4.78, 5) is 24.0. The van der Waals surface area contributed by atoms with Crippen molar-refractivity contribution in [2.24, 2.45) is 0 Å². The molecule has 1 amide bonds. The van der Waals surface area contributed by atoms with Crippen LogP contribution in [0.2, 0.25) is 0 Å². The monoisotopic (exact) mass is 439 g/mol. The molecule has 0 fully saturated rings. The van der Waals surface area contributed by atoms with E-state index in [2.05, 4.69) is 41.4 Å². The second-order valence-corrected chi connectivity index (χ2v) is 7.77. The fourth-order valence-electron chi connectivity index (χ4n) is 4.14. The molecule has 0 spiro atoms. The summed E-state index contributed by atoms with van der Waals surface area (Å²) in [6.07, 6.45) is 0.00838. The summed E-state index contributed by atoms with van der Waals surface area (Å²) in [5.41, 5.74) is 6.80. The van der Waals surface area contributed by atoms with Crippen molar-refractivity contribution in [1.82, 2.24) is 5.32 Å². The zero-order chi connectivity index (χ0) is 23.2. The van der Waals surface area contributed by atoms with Crippen LogP contribution in [0.3, 0.4) is 0 Å². The number of rotatable bonds is 5. The lowest BCUT2D eigenvalue weighted by Crippen LogP contribution is -2.26. The third-order valence-corrected chi connectivity index (χ3v) is 5.83. The fourth-order valence-corrected chi connectivity index (χ4v) is 4.14. The van der Waals surface area contributed by atoms with Crippen LogP contribution in [0.25, 0.3) is 11.1 Å². The molecule has 0 bridgehead atoms. The molecular formula is C28H25NO4. The predicted molar refractivity (Wildman–Crippen MR) is 127 cm³/mol. The lowest BCUT2D eigenvalue weighted by Gasteiger charge is -2.14. The minimum absolute atomic E-state index is 0.0352. The van der Waals surface area contributed by atoms with Crippen LogP contribution in [-0.4, -0.2) is 32.3 Å². The number of alkyl carbamates (subject to hydrolysis) is 1. The first-order valence-electron chi connectivity index (χ1n) is 10.9. The molecule has 5 nitrogen and oxygen atoms in total. The Kier molecular flexibility index (Phi) is 6.75. The van der Waals surface area contributed by atoms with Gasteiger partial charge in [-0.25, -0.2) is 9.59 Å². The van der Waals surface area contributed by atoms with Gasteiger partial charge in [0.15, 0.2) is 0 Å². The van der Waals surface area contributed by atoms with Crippen molar-refractivity contribution in [2.75, 3.05) is 20.3 Å². The molecule has 4 rings (SSSR count). The molecule has 0 atom stereocenters. The lowest BCUT2D eigenvalue weighted by atomic mass is 9.98. The van der Waals surface area contributed by atoms with Crippen LogP contribution in [0.5, 0.6) is 0 Å². The third kappa shape index (κ3) is 4.75. The number of fused-ring (bicyclic) bond motifs is 3. The largest absolute Gasteiger partial charge is 0.465 e. The molecule has 0 aromatic heterocycles. The maximum Gasteiger partial charge on any atom is 0.407 e. The van der Waals surface area contributed by atoms with E-state index in [9.17, 15) is 9.59 Å². The number of carbonyl (C=O) groups is 2. The first kappa shape index (κ1) is 22.2. The highest BCUT2D eigenvalue weighted by molar-refractivity contribution is 5.91. The molecule has 0 heterocycles. The minimum atomic E-state index is -0.456. The van der Waals surface area contributed by atoms with Crippen LogP contribution in [0.4, 0.5) is 4.79 Å². The smallest absolute Gasteiger partial charge is 0.407 e. The van der Waals surface area contributed by atoms with Crippen LogP contribution >= 0.6 is 0 Å². The van der Waals surface area contributed by atoms with Crippen molar-refractivity contribution in [2.45, 2.75) is 19.3 Å². The van der Waals surface area contributed by atoms with E-state index in [0.29, 0.717) is 18.5 Å². The van der Waals surface area contributed by atoms with Gasteiger partial charge in [-0.15, -0.1) is 0 Å². The normalized spacial score (nSPS) is 11.6. The molecule has 33 heavy (non-hydrogen) atoms. The number of methoxy groups -OCH3 is 1. The molecule has 3 aromatic rings. The highest BCUT2D eigenvalue weighted by atomic mass is 16.5. The summed E-state index contributed by atoms with van der Waals surface area (Å²) in [5, 5.41) is 2.76. The molecule has 0 saturated carbocycles. The summed E-state index contributed by atoms with van der Waals surface area (Å²) < 4.78 is 10.3. The highest BCUT2D eigenvalue weighted by Gasteiger charge is 2.28. The van der Waals surface area contributed by atoms with Gasteiger partial charge in [-0.3, -0.25) is 0 Å². The van der Waals surface area contributed by atoms with E-state index >= 15 is 0 Å². The summed E-state index contributed by atoms with van der Waals surface area (Å²) in [5.74, 6) is 5.74. The van der Waals surface area contributed by atoms with Gasteiger partial charge < -0.3 is 14.8 Å². The van der Waals surface area contributed by atoms with Gasteiger partial charge in [0.25, 0.3) is 0 Å². The zero-order valence-corrected chi connectivity index (χ0v) is 18.7. The van der Waals surface area contributed by atoms with E-state index in [1.807, 2.05) is 37.3 Å². The quantitative estimate of drug-likeness (QED) is 0.343. The average Bonchev–Trinajstić information content (AvgIpc) is 3.16. The Morgan fingerprint density at radius 1 is 0.939 bits per heavy atom. The lowest BCUT2D eigenvalue weighted by molar-refractivity contribution is 0.0599. The Balaban J connectivity index is 1.30. The van der Waals surface area contributed by atoms with Gasteiger partial charge in [0, 0.05) is 24.4 Å². The summed E-state index contributed by atoms with van der Waals surface area (Å²) >= 11 is 0. The zero-order valence-electron chi connectivity index (χ0n) is 18.7. The van der Waals surface area contributed by atoms with Gasteiger partial charge in [-0.05, 0) is 46.9 Å². The van der Waals surface area contributed by atoms with E-state index < -0.39 is 6.09 Å². The predicted octanol–water partition coefficient (Wildman–Crippen LogP) is 5.06. The van der Waals surface area contributed by atoms with Gasteiger partial charge in [0.2, 0.25) is 0 Å². The molecule has 0 saturated heterocycles. The molecule has 166 valence electrons. The first-order chi connectivity index (χ1) is 16.1. The summed E-state index contributed by atoms with van der Waals surface area (Å²) in [6.45, 7) is 2.50. The van der Waals surface area contributed by atoms with Gasteiger partial charge in [0.05, 0.1) is 12.7 Å². The van der Waals surface area contributed by atoms with Gasteiger partial charge in [-0.2, -0.15) is 0 Å². The molecular weight excluding hydrogens is 414 g/mol. The second kappa shape index (κ2) is 10.1. The van der Waals surface area contributed by atoms with Crippen molar-refractivity contribution in [3.05, 3.63) is 94.5 Å². The number of ether oxygens (including phenoxy) is 2. The summed E-state index contributed by atoms with van der Waals surface area (Å²) in [7, 11) is 1.36. The SMILES string of the molecule is COC(=O)c1cccc(C#CCCNC(=O)OCC2c3ccccc3-c3ccccc32)c1C. The molecule has 0 unspecified atom stereocenters. The first-order valence-corrected chi connectivity index (χ1v) is 10.9. The van der Waals surface area contributed by atoms with E-state index in [1.54, 1.807) is 12.1 Å². The van der Waals surface area contributed by atoms with Gasteiger partial charge >= 0.3 is 12.1 Å². The molecule has 0 aliphatic heterocycles. The van der Waals surface area contributed by atoms with E-state index in [0.717, 1.165) is 11.1 Å². The highest BCUT2D eigenvalue weighted by Crippen LogP contribution is 2.44. The molecule has 1 N–H and O–H groups in total. The Labute approximate surface area is 193 Å². The number of benzene rings is 3. The standard InChI is InChI=1S/C28H25NO4/c1-19-20(11-9-16-21(19)27(30)32-2)10-7-8-17-29-28(31)33-18-26-24-14-5-3-12-22(24)23-13-4-6-15-25(23)26/h3-6,9,11-16,26H,8,17-18H2,1-2H3,(H,29,31).